The molecule has 2 N–H and O–H groups in total. The van der Waals surface area contributed by atoms with E-state index in [2.05, 4.69) is 5.32 Å². The average Bonchev–Trinajstić information content (AvgIpc) is 2.55. The van der Waals surface area contributed by atoms with Crippen LogP contribution in [0.4, 0.5) is 0 Å². The molecule has 1 aliphatic rings. The number of hydrogen-bond acceptors (Lipinski definition) is 4. The molecule has 2 rings (SSSR count). The molecule has 1 saturated carbocycles. The van der Waals surface area contributed by atoms with Crippen LogP contribution < -0.4 is 14.8 Å². The van der Waals surface area contributed by atoms with Crippen LogP contribution in [0, 0.1) is 0 Å². The highest BCUT2D eigenvalue weighted by Crippen LogP contribution is 2.34. The maximum absolute atomic E-state index is 9.99. The topological polar surface area (TPSA) is 50.7 Å². The van der Waals surface area contributed by atoms with E-state index in [0.29, 0.717) is 6.04 Å². The van der Waals surface area contributed by atoms with Crippen molar-refractivity contribution in [2.75, 3.05) is 20.8 Å². The highest BCUT2D eigenvalue weighted by molar-refractivity contribution is 5.44. The van der Waals surface area contributed by atoms with Crippen LogP contribution in [-0.4, -0.2) is 32.0 Å². The average molecular weight is 293 g/mol. The fraction of sp³-hybridized carbons (Fsp3) is 0.647. The Morgan fingerprint density at radius 3 is 2.48 bits per heavy atom. The molecule has 0 aliphatic heterocycles. The maximum atomic E-state index is 9.99. The van der Waals surface area contributed by atoms with Crippen molar-refractivity contribution in [2.24, 2.45) is 0 Å². The lowest BCUT2D eigenvalue weighted by Gasteiger charge is -2.36. The van der Waals surface area contributed by atoms with Crippen LogP contribution in [0.15, 0.2) is 18.2 Å². The summed E-state index contributed by atoms with van der Waals surface area (Å²) in [6.07, 6.45) is 6.17. The van der Waals surface area contributed by atoms with E-state index >= 15 is 0 Å². The van der Waals surface area contributed by atoms with Gasteiger partial charge in [0.1, 0.15) is 11.5 Å². The van der Waals surface area contributed by atoms with E-state index < -0.39 is 5.54 Å². The van der Waals surface area contributed by atoms with Crippen LogP contribution in [0.5, 0.6) is 11.5 Å². The Hall–Kier alpha value is -1.26. The summed E-state index contributed by atoms with van der Waals surface area (Å²) in [6.45, 7) is 2.05. The lowest BCUT2D eigenvalue weighted by Crippen LogP contribution is -2.49. The van der Waals surface area contributed by atoms with Crippen LogP contribution in [0.25, 0.3) is 0 Å². The molecule has 118 valence electrons. The van der Waals surface area contributed by atoms with Crippen molar-refractivity contribution in [1.29, 1.82) is 0 Å². The number of aliphatic hydroxyl groups excluding tert-OH is 1. The summed E-state index contributed by atoms with van der Waals surface area (Å²) in [5.74, 6) is 1.55. The molecule has 0 spiro atoms. The van der Waals surface area contributed by atoms with Crippen molar-refractivity contribution in [2.45, 2.75) is 50.6 Å². The third-order valence-electron chi connectivity index (χ3n) is 4.45. The minimum atomic E-state index is -0.526. The van der Waals surface area contributed by atoms with Gasteiger partial charge in [-0.25, -0.2) is 0 Å². The summed E-state index contributed by atoms with van der Waals surface area (Å²) in [4.78, 5) is 0. The zero-order valence-electron chi connectivity index (χ0n) is 13.3. The molecule has 21 heavy (non-hydrogen) atoms. The summed E-state index contributed by atoms with van der Waals surface area (Å²) < 4.78 is 10.8. The predicted octanol–water partition coefficient (Wildman–Crippen LogP) is 2.83. The van der Waals surface area contributed by atoms with Crippen molar-refractivity contribution < 1.29 is 14.6 Å². The number of methoxy groups -OCH3 is 2. The van der Waals surface area contributed by atoms with E-state index in [4.69, 9.17) is 9.47 Å². The summed E-state index contributed by atoms with van der Waals surface area (Å²) in [5, 5.41) is 13.6. The predicted molar refractivity (Wildman–Crippen MR) is 84.0 cm³/mol. The number of rotatable bonds is 6. The van der Waals surface area contributed by atoms with Crippen LogP contribution in [0.3, 0.4) is 0 Å². The zero-order chi connectivity index (χ0) is 15.3. The van der Waals surface area contributed by atoms with Crippen molar-refractivity contribution in [3.05, 3.63) is 23.8 Å². The largest absolute Gasteiger partial charge is 0.497 e. The molecule has 0 saturated heterocycles. The lowest BCUT2D eigenvalue weighted by molar-refractivity contribution is 0.147. The number of hydrogen-bond donors (Lipinski definition) is 2. The molecule has 0 radical (unpaired) electrons. The minimum Gasteiger partial charge on any atom is -0.497 e. The fourth-order valence-electron chi connectivity index (χ4n) is 3.15. The van der Waals surface area contributed by atoms with E-state index in [-0.39, 0.29) is 6.61 Å². The fourth-order valence-corrected chi connectivity index (χ4v) is 3.15. The van der Waals surface area contributed by atoms with Gasteiger partial charge in [-0.3, -0.25) is 0 Å². The zero-order valence-corrected chi connectivity index (χ0v) is 13.3. The smallest absolute Gasteiger partial charge is 0.124 e. The molecule has 0 aromatic heterocycles. The Kier molecular flexibility index (Phi) is 5.48. The normalized spacial score (nSPS) is 19.0. The first-order chi connectivity index (χ1) is 10.1. The highest BCUT2D eigenvalue weighted by Gasteiger charge is 2.32. The van der Waals surface area contributed by atoms with Gasteiger partial charge in [0.2, 0.25) is 0 Å². The van der Waals surface area contributed by atoms with Gasteiger partial charge in [0.05, 0.1) is 26.4 Å². The van der Waals surface area contributed by atoms with E-state index in [1.807, 2.05) is 25.1 Å². The third kappa shape index (κ3) is 3.69. The standard InChI is InChI=1S/C17H27NO3/c1-17(12-19,18-13-7-5-4-6-8-13)15-11-14(20-2)9-10-16(15)21-3/h9-11,13,18-19H,4-8,12H2,1-3H3. The Labute approximate surface area is 127 Å². The second-order valence-corrected chi connectivity index (χ2v) is 6.04. The number of nitrogens with one attached hydrogen (secondary N) is 1. The molecular formula is C17H27NO3. The molecule has 0 bridgehead atoms. The first-order valence-electron chi connectivity index (χ1n) is 7.74. The van der Waals surface area contributed by atoms with E-state index in [9.17, 15) is 5.11 Å². The lowest BCUT2D eigenvalue weighted by atomic mass is 9.87. The first-order valence-corrected chi connectivity index (χ1v) is 7.74. The van der Waals surface area contributed by atoms with Crippen molar-refractivity contribution in [3.63, 3.8) is 0 Å². The van der Waals surface area contributed by atoms with E-state index in [1.54, 1.807) is 14.2 Å². The highest BCUT2D eigenvalue weighted by atomic mass is 16.5. The molecule has 0 amide bonds. The van der Waals surface area contributed by atoms with Crippen LogP contribution >= 0.6 is 0 Å². The van der Waals surface area contributed by atoms with Gasteiger partial charge in [-0.1, -0.05) is 19.3 Å². The van der Waals surface area contributed by atoms with Crippen LogP contribution in [0.1, 0.15) is 44.6 Å². The second-order valence-electron chi connectivity index (χ2n) is 6.04. The molecule has 1 aromatic carbocycles. The third-order valence-corrected chi connectivity index (χ3v) is 4.45. The maximum Gasteiger partial charge on any atom is 0.124 e. The Bertz CT molecular complexity index is 457. The molecule has 1 aliphatic carbocycles. The quantitative estimate of drug-likeness (QED) is 0.847. The molecule has 1 fully saturated rings. The number of aliphatic hydroxyl groups is 1. The molecule has 1 unspecified atom stereocenters. The molecular weight excluding hydrogens is 266 g/mol. The van der Waals surface area contributed by atoms with E-state index in [0.717, 1.165) is 17.1 Å². The van der Waals surface area contributed by atoms with Gasteiger partial charge in [-0.15, -0.1) is 0 Å². The van der Waals surface area contributed by atoms with Crippen LogP contribution in [0.2, 0.25) is 0 Å². The summed E-state index contributed by atoms with van der Waals surface area (Å²) in [6, 6.07) is 6.17. The van der Waals surface area contributed by atoms with Crippen molar-refractivity contribution in [3.8, 4) is 11.5 Å². The van der Waals surface area contributed by atoms with Gasteiger partial charge in [0.25, 0.3) is 0 Å². The monoisotopic (exact) mass is 293 g/mol. The molecule has 4 nitrogen and oxygen atoms in total. The Balaban J connectivity index is 2.28. The van der Waals surface area contributed by atoms with Gasteiger partial charge in [-0.2, -0.15) is 0 Å². The molecule has 1 atom stereocenters. The van der Waals surface area contributed by atoms with Gasteiger partial charge in [0, 0.05) is 11.6 Å². The number of ether oxygens (including phenoxy) is 2. The molecule has 4 heteroatoms. The molecule has 0 heterocycles. The van der Waals surface area contributed by atoms with Gasteiger partial charge in [-0.05, 0) is 38.0 Å². The summed E-state index contributed by atoms with van der Waals surface area (Å²) in [7, 11) is 3.31. The minimum absolute atomic E-state index is 0.0209. The SMILES string of the molecule is COc1ccc(OC)c(C(C)(CO)NC2CCCCC2)c1. The van der Waals surface area contributed by atoms with Gasteiger partial charge < -0.3 is 19.9 Å². The number of benzene rings is 1. The van der Waals surface area contributed by atoms with Gasteiger partial charge in [0.15, 0.2) is 0 Å². The molecule has 1 aromatic rings. The van der Waals surface area contributed by atoms with Gasteiger partial charge >= 0.3 is 0 Å². The summed E-state index contributed by atoms with van der Waals surface area (Å²) >= 11 is 0. The Morgan fingerprint density at radius 2 is 1.90 bits per heavy atom. The van der Waals surface area contributed by atoms with Crippen molar-refractivity contribution >= 4 is 0 Å². The van der Waals surface area contributed by atoms with Crippen molar-refractivity contribution in [1.82, 2.24) is 5.32 Å². The van der Waals surface area contributed by atoms with E-state index in [1.165, 1.54) is 32.1 Å². The Morgan fingerprint density at radius 1 is 1.19 bits per heavy atom. The van der Waals surface area contributed by atoms with Crippen LogP contribution in [-0.2, 0) is 5.54 Å². The first kappa shape index (κ1) is 16.1. The second kappa shape index (κ2) is 7.14. The summed E-state index contributed by atoms with van der Waals surface area (Å²) in [5.41, 5.74) is 0.416.